The predicted molar refractivity (Wildman–Crippen MR) is 120 cm³/mol. The van der Waals surface area contributed by atoms with E-state index in [0.717, 1.165) is 50.8 Å². The van der Waals surface area contributed by atoms with Crippen molar-refractivity contribution in [3.05, 3.63) is 41.6 Å². The van der Waals surface area contributed by atoms with Gasteiger partial charge in [0.1, 0.15) is 0 Å². The fourth-order valence-electron chi connectivity index (χ4n) is 4.05. The van der Waals surface area contributed by atoms with Gasteiger partial charge in [-0.3, -0.25) is 4.90 Å². The number of piperazine rings is 1. The van der Waals surface area contributed by atoms with E-state index in [0.29, 0.717) is 0 Å². The Morgan fingerprint density at radius 1 is 1.03 bits per heavy atom. The first-order chi connectivity index (χ1) is 14.2. The Kier molecular flexibility index (Phi) is 8.53. The van der Waals surface area contributed by atoms with Crippen molar-refractivity contribution >= 4 is 5.95 Å². The third-order valence-corrected chi connectivity index (χ3v) is 6.12. The van der Waals surface area contributed by atoms with Crippen molar-refractivity contribution in [3.8, 4) is 0 Å². The van der Waals surface area contributed by atoms with Crippen molar-refractivity contribution < 1.29 is 4.42 Å². The zero-order valence-corrected chi connectivity index (χ0v) is 18.6. The number of rotatable bonds is 7. The zero-order chi connectivity index (χ0) is 20.5. The minimum absolute atomic E-state index is 0.866. The number of hydrogen-bond acceptors (Lipinski definition) is 5. The smallest absolute Gasteiger partial charge is 0.225 e. The zero-order valence-electron chi connectivity index (χ0n) is 18.6. The van der Waals surface area contributed by atoms with E-state index in [4.69, 9.17) is 9.40 Å². The average Bonchev–Trinajstić information content (AvgIpc) is 3.24. The SMILES string of the molecule is CCCc1cnc(N2CCN(C3CCC3)CC2)nc1CCC.CCc1ccoc1. The third kappa shape index (κ3) is 6.05. The molecule has 0 spiro atoms. The molecule has 0 bridgehead atoms. The first kappa shape index (κ1) is 21.8. The van der Waals surface area contributed by atoms with Gasteiger partial charge >= 0.3 is 0 Å². The van der Waals surface area contributed by atoms with Gasteiger partial charge in [0.15, 0.2) is 0 Å². The molecule has 5 nitrogen and oxygen atoms in total. The molecule has 0 atom stereocenters. The van der Waals surface area contributed by atoms with Gasteiger partial charge in [-0.05, 0) is 49.3 Å². The minimum atomic E-state index is 0.866. The molecule has 0 unspecified atom stereocenters. The van der Waals surface area contributed by atoms with Gasteiger partial charge in [0.05, 0.1) is 12.5 Å². The van der Waals surface area contributed by atoms with Crippen molar-refractivity contribution in [3.63, 3.8) is 0 Å². The van der Waals surface area contributed by atoms with E-state index < -0.39 is 0 Å². The Hall–Kier alpha value is -1.88. The Labute approximate surface area is 176 Å². The summed E-state index contributed by atoms with van der Waals surface area (Å²) in [6.07, 6.45) is 15.3. The van der Waals surface area contributed by atoms with Crippen LogP contribution >= 0.6 is 0 Å². The molecule has 0 amide bonds. The molecule has 29 heavy (non-hydrogen) atoms. The Bertz CT molecular complexity index is 704. The van der Waals surface area contributed by atoms with Crippen LogP contribution in [0.5, 0.6) is 0 Å². The normalized spacial score (nSPS) is 17.6. The maximum atomic E-state index is 4.91. The lowest BCUT2D eigenvalue weighted by Gasteiger charge is -2.43. The lowest BCUT2D eigenvalue weighted by Crippen LogP contribution is -2.52. The largest absolute Gasteiger partial charge is 0.472 e. The molecule has 2 fully saturated rings. The maximum Gasteiger partial charge on any atom is 0.225 e. The summed E-state index contributed by atoms with van der Waals surface area (Å²) in [7, 11) is 0. The van der Waals surface area contributed by atoms with Crippen LogP contribution < -0.4 is 4.90 Å². The molecule has 3 heterocycles. The molecule has 0 aromatic carbocycles. The predicted octanol–water partition coefficient (Wildman–Crippen LogP) is 4.90. The molecule has 2 aromatic heterocycles. The van der Waals surface area contributed by atoms with E-state index in [1.807, 2.05) is 6.07 Å². The second-order valence-corrected chi connectivity index (χ2v) is 8.23. The lowest BCUT2D eigenvalue weighted by molar-refractivity contribution is 0.120. The summed E-state index contributed by atoms with van der Waals surface area (Å²) < 4.78 is 4.81. The minimum Gasteiger partial charge on any atom is -0.472 e. The summed E-state index contributed by atoms with van der Waals surface area (Å²) in [6, 6.07) is 2.84. The van der Waals surface area contributed by atoms with E-state index in [9.17, 15) is 0 Å². The first-order valence-electron chi connectivity index (χ1n) is 11.6. The molecule has 4 rings (SSSR count). The molecule has 1 saturated heterocycles. The molecule has 0 N–H and O–H groups in total. The van der Waals surface area contributed by atoms with Crippen LogP contribution in [-0.4, -0.2) is 47.1 Å². The number of hydrogen-bond donors (Lipinski definition) is 0. The lowest BCUT2D eigenvalue weighted by atomic mass is 9.91. The molecule has 160 valence electrons. The summed E-state index contributed by atoms with van der Waals surface area (Å²) in [5, 5.41) is 0. The summed E-state index contributed by atoms with van der Waals surface area (Å²) in [5.41, 5.74) is 3.89. The fourth-order valence-corrected chi connectivity index (χ4v) is 4.05. The fraction of sp³-hybridized carbons (Fsp3) is 0.667. The number of aryl methyl sites for hydroxylation is 3. The van der Waals surface area contributed by atoms with Gasteiger partial charge in [-0.25, -0.2) is 9.97 Å². The summed E-state index contributed by atoms with van der Waals surface area (Å²) in [4.78, 5) is 14.6. The monoisotopic (exact) mass is 398 g/mol. The van der Waals surface area contributed by atoms with Gasteiger partial charge in [0.25, 0.3) is 0 Å². The Balaban J connectivity index is 0.000000290. The van der Waals surface area contributed by atoms with Crippen LogP contribution in [0.4, 0.5) is 5.95 Å². The van der Waals surface area contributed by atoms with E-state index >= 15 is 0 Å². The molecule has 1 saturated carbocycles. The van der Waals surface area contributed by atoms with Crippen LogP contribution in [0.25, 0.3) is 0 Å². The second kappa shape index (κ2) is 11.3. The van der Waals surface area contributed by atoms with Gasteiger partial charge in [0.2, 0.25) is 5.95 Å². The van der Waals surface area contributed by atoms with E-state index in [1.165, 1.54) is 55.6 Å². The third-order valence-electron chi connectivity index (χ3n) is 6.12. The van der Waals surface area contributed by atoms with E-state index in [2.05, 4.69) is 41.8 Å². The number of anilines is 1. The highest BCUT2D eigenvalue weighted by molar-refractivity contribution is 5.34. The highest BCUT2D eigenvalue weighted by Gasteiger charge is 2.28. The van der Waals surface area contributed by atoms with Crippen molar-refractivity contribution in [1.29, 1.82) is 0 Å². The van der Waals surface area contributed by atoms with Crippen molar-refractivity contribution in [1.82, 2.24) is 14.9 Å². The summed E-state index contributed by atoms with van der Waals surface area (Å²) in [6.45, 7) is 11.1. The molecular formula is C24H38N4O. The van der Waals surface area contributed by atoms with Gasteiger partial charge < -0.3 is 9.32 Å². The molecule has 2 aromatic rings. The molecule has 1 aliphatic carbocycles. The van der Waals surface area contributed by atoms with Gasteiger partial charge in [0, 0.05) is 44.1 Å². The molecular weight excluding hydrogens is 360 g/mol. The van der Waals surface area contributed by atoms with Gasteiger partial charge in [-0.2, -0.15) is 0 Å². The first-order valence-corrected chi connectivity index (χ1v) is 11.6. The standard InChI is InChI=1S/C18H30N4.C6H8O/c1-3-6-15-14-19-18(20-17(15)7-4-2)22-12-10-21(11-13-22)16-8-5-9-16;1-2-6-3-4-7-5-6/h14,16H,3-13H2,1-2H3;3-5H,2H2,1H3. The molecule has 0 radical (unpaired) electrons. The van der Waals surface area contributed by atoms with Crippen LogP contribution in [0.3, 0.4) is 0 Å². The Morgan fingerprint density at radius 2 is 1.79 bits per heavy atom. The summed E-state index contributed by atoms with van der Waals surface area (Å²) in [5.74, 6) is 0.955. The van der Waals surface area contributed by atoms with E-state index in [1.54, 1.807) is 12.5 Å². The topological polar surface area (TPSA) is 45.4 Å². The number of aromatic nitrogens is 2. The molecule has 1 aliphatic heterocycles. The highest BCUT2D eigenvalue weighted by atomic mass is 16.3. The second-order valence-electron chi connectivity index (χ2n) is 8.23. The molecule has 2 aliphatic rings. The van der Waals surface area contributed by atoms with E-state index in [-0.39, 0.29) is 0 Å². The maximum absolute atomic E-state index is 4.91. The molecule has 5 heteroatoms. The summed E-state index contributed by atoms with van der Waals surface area (Å²) >= 11 is 0. The van der Waals surface area contributed by atoms with Gasteiger partial charge in [-0.15, -0.1) is 0 Å². The van der Waals surface area contributed by atoms with Crippen molar-refractivity contribution in [2.45, 2.75) is 78.2 Å². The number of furan rings is 1. The highest BCUT2D eigenvalue weighted by Crippen LogP contribution is 2.26. The van der Waals surface area contributed by atoms with Crippen LogP contribution in [0.2, 0.25) is 0 Å². The van der Waals surface area contributed by atoms with Crippen LogP contribution in [0.1, 0.15) is 69.7 Å². The number of nitrogens with zero attached hydrogens (tertiary/aromatic N) is 4. The average molecular weight is 399 g/mol. The Morgan fingerprint density at radius 3 is 2.31 bits per heavy atom. The van der Waals surface area contributed by atoms with Gasteiger partial charge in [-0.1, -0.05) is 40.0 Å². The van der Waals surface area contributed by atoms with Crippen LogP contribution in [-0.2, 0) is 19.3 Å². The van der Waals surface area contributed by atoms with Crippen molar-refractivity contribution in [2.24, 2.45) is 0 Å². The van der Waals surface area contributed by atoms with Crippen molar-refractivity contribution in [2.75, 3.05) is 31.1 Å². The van der Waals surface area contributed by atoms with Crippen LogP contribution in [0.15, 0.2) is 29.2 Å². The quantitative estimate of drug-likeness (QED) is 0.664. The van der Waals surface area contributed by atoms with Crippen LogP contribution in [0, 0.1) is 0 Å².